The van der Waals surface area contributed by atoms with Crippen LogP contribution in [0.1, 0.15) is 55.0 Å². The number of nitrogens with two attached hydrogens (primary N) is 1. The summed E-state index contributed by atoms with van der Waals surface area (Å²) in [5, 5.41) is 16.6. The first-order chi connectivity index (χ1) is 17.1. The zero-order valence-electron chi connectivity index (χ0n) is 20.9. The van der Waals surface area contributed by atoms with E-state index >= 15 is 0 Å². The van der Waals surface area contributed by atoms with Crippen molar-refractivity contribution in [2.75, 3.05) is 43.9 Å². The van der Waals surface area contributed by atoms with Gasteiger partial charge in [-0.15, -0.1) is 0 Å². The molecule has 4 heterocycles. The first kappa shape index (κ1) is 24.7. The van der Waals surface area contributed by atoms with Gasteiger partial charge in [0.05, 0.1) is 11.7 Å². The largest absolute Gasteiger partial charge is 0.388 e. The Morgan fingerprint density at radius 3 is 2.57 bits per heavy atom. The number of aryl methyl sites for hydroxylation is 1. The Hall–Kier alpha value is -3.46. The first-order valence-electron chi connectivity index (χ1n) is 12.4. The summed E-state index contributed by atoms with van der Waals surface area (Å²) in [6, 6.07) is 9.34. The Balaban J connectivity index is 0.00000141. The maximum atomic E-state index is 13.5. The van der Waals surface area contributed by atoms with Gasteiger partial charge < -0.3 is 20.9 Å². The van der Waals surface area contributed by atoms with Crippen molar-refractivity contribution < 1.29 is 4.79 Å². The van der Waals surface area contributed by atoms with Gasteiger partial charge in [-0.1, -0.05) is 18.2 Å². The van der Waals surface area contributed by atoms with Gasteiger partial charge >= 0.3 is 0 Å². The van der Waals surface area contributed by atoms with Crippen LogP contribution in [0.5, 0.6) is 0 Å². The van der Waals surface area contributed by atoms with Crippen LogP contribution < -0.4 is 16.0 Å². The third-order valence-electron chi connectivity index (χ3n) is 6.81. The summed E-state index contributed by atoms with van der Waals surface area (Å²) in [6.45, 7) is 4.81. The van der Waals surface area contributed by atoms with E-state index in [1.807, 2.05) is 53.0 Å². The zero-order valence-corrected chi connectivity index (χ0v) is 20.9. The van der Waals surface area contributed by atoms with Crippen molar-refractivity contribution in [3.63, 3.8) is 0 Å². The predicted molar refractivity (Wildman–Crippen MR) is 140 cm³/mol. The Kier molecular flexibility index (Phi) is 7.65. The highest BCUT2D eigenvalue weighted by Gasteiger charge is 2.33. The molecule has 0 bridgehead atoms. The number of hydrogen-bond donors (Lipinski definition) is 3. The number of carbonyl (C=O) groups excluding carboxylic acids is 1. The fraction of sp³-hybridized carbons (Fsp3) is 0.462. The monoisotopic (exact) mass is 476 g/mol. The normalized spacial score (nSPS) is 17.8. The molecule has 1 amide bonds. The molecule has 5 rings (SSSR count). The van der Waals surface area contributed by atoms with E-state index in [2.05, 4.69) is 22.9 Å². The molecular weight excluding hydrogens is 440 g/mol. The summed E-state index contributed by atoms with van der Waals surface area (Å²) in [5.41, 5.74) is 8.69. The molecule has 2 aliphatic heterocycles. The number of nitrogens with one attached hydrogen (secondary N) is 2. The van der Waals surface area contributed by atoms with Crippen LogP contribution in [0.4, 0.5) is 11.5 Å². The van der Waals surface area contributed by atoms with Crippen molar-refractivity contribution in [3.8, 4) is 0 Å². The fourth-order valence-electron chi connectivity index (χ4n) is 5.09. The van der Waals surface area contributed by atoms with Crippen LogP contribution in [0.2, 0.25) is 0 Å². The van der Waals surface area contributed by atoms with Gasteiger partial charge in [-0.25, -0.2) is 9.50 Å². The quantitative estimate of drug-likeness (QED) is 0.486. The highest BCUT2D eigenvalue weighted by molar-refractivity contribution is 6.45. The van der Waals surface area contributed by atoms with Crippen LogP contribution in [-0.2, 0) is 4.79 Å². The lowest BCUT2D eigenvalue weighted by Gasteiger charge is -2.35. The minimum absolute atomic E-state index is 0.0147. The zero-order chi connectivity index (χ0) is 24.9. The molecule has 2 saturated heterocycles. The van der Waals surface area contributed by atoms with Gasteiger partial charge in [0.1, 0.15) is 11.5 Å². The van der Waals surface area contributed by atoms with Gasteiger partial charge in [0.2, 0.25) is 0 Å². The molecule has 0 saturated carbocycles. The van der Waals surface area contributed by atoms with Crippen LogP contribution in [0.25, 0.3) is 5.65 Å². The first-order valence-corrected chi connectivity index (χ1v) is 12.4. The van der Waals surface area contributed by atoms with Crippen LogP contribution in [0, 0.1) is 12.3 Å². The molecule has 0 radical (unpaired) electrons. The number of likely N-dealkylation sites (tertiary alicyclic amines) is 1. The second-order valence-electron chi connectivity index (χ2n) is 8.99. The molecular formula is C26H36N8O. The number of benzene rings is 1. The summed E-state index contributed by atoms with van der Waals surface area (Å²) in [4.78, 5) is 22.6. The number of anilines is 2. The number of hydrogen-bond acceptors (Lipinski definition) is 7. The number of nitrogens with zero attached hydrogens (tertiary/aromatic N) is 5. The smallest absolute Gasteiger partial charge is 0.273 e. The van der Waals surface area contributed by atoms with Gasteiger partial charge in [0.15, 0.2) is 5.65 Å². The van der Waals surface area contributed by atoms with Crippen molar-refractivity contribution in [3.05, 3.63) is 53.3 Å². The third-order valence-corrected chi connectivity index (χ3v) is 6.81. The predicted octanol–water partition coefficient (Wildman–Crippen LogP) is 3.38. The minimum atomic E-state index is -0.249. The van der Waals surface area contributed by atoms with Crippen LogP contribution in [0.15, 0.2) is 36.5 Å². The van der Waals surface area contributed by atoms with E-state index in [1.54, 1.807) is 0 Å². The molecule has 186 valence electrons. The molecule has 1 aromatic carbocycles. The Morgan fingerprint density at radius 2 is 1.83 bits per heavy atom. The summed E-state index contributed by atoms with van der Waals surface area (Å²) in [6.07, 6.45) is 7.27. The summed E-state index contributed by atoms with van der Waals surface area (Å²) in [5.74, 6) is 0.787. The second-order valence-corrected chi connectivity index (χ2v) is 8.99. The summed E-state index contributed by atoms with van der Waals surface area (Å²) < 4.78 is 1.84. The molecule has 2 aliphatic rings. The van der Waals surface area contributed by atoms with E-state index in [9.17, 15) is 4.79 Å². The molecule has 0 aliphatic carbocycles. The van der Waals surface area contributed by atoms with Crippen molar-refractivity contribution in [1.29, 1.82) is 5.41 Å². The van der Waals surface area contributed by atoms with Crippen LogP contribution in [-0.4, -0.2) is 64.8 Å². The lowest BCUT2D eigenvalue weighted by Crippen LogP contribution is -2.42. The van der Waals surface area contributed by atoms with Crippen molar-refractivity contribution >= 4 is 28.8 Å². The average Bonchev–Trinajstić information content (AvgIpc) is 3.58. The molecule has 2 aromatic heterocycles. The molecule has 35 heavy (non-hydrogen) atoms. The number of carbonyl (C=O) groups is 1. The highest BCUT2D eigenvalue weighted by atomic mass is 16.2. The number of piperidine rings is 1. The van der Waals surface area contributed by atoms with Gasteiger partial charge in [-0.3, -0.25) is 10.2 Å². The van der Waals surface area contributed by atoms with E-state index in [0.29, 0.717) is 12.1 Å². The van der Waals surface area contributed by atoms with Crippen molar-refractivity contribution in [2.24, 2.45) is 5.73 Å². The molecule has 4 N–H and O–H groups in total. The Bertz CT molecular complexity index is 1200. The molecule has 0 spiro atoms. The lowest BCUT2D eigenvalue weighted by atomic mass is 9.97. The van der Waals surface area contributed by atoms with Crippen molar-refractivity contribution in [2.45, 2.75) is 45.1 Å². The van der Waals surface area contributed by atoms with Gasteiger partial charge in [0.25, 0.3) is 5.91 Å². The highest BCUT2D eigenvalue weighted by Crippen LogP contribution is 2.32. The molecule has 0 unspecified atom stereocenters. The molecule has 9 nitrogen and oxygen atoms in total. The lowest BCUT2D eigenvalue weighted by molar-refractivity contribution is -0.127. The maximum absolute atomic E-state index is 13.5. The molecule has 1 atom stereocenters. The number of fused-ring (bicyclic) bond motifs is 1. The topological polar surface area (TPSA) is 116 Å². The molecule has 2 fully saturated rings. The summed E-state index contributed by atoms with van der Waals surface area (Å²) in [7, 11) is 3.31. The Morgan fingerprint density at radius 1 is 1.11 bits per heavy atom. The van der Waals surface area contributed by atoms with E-state index in [0.717, 1.165) is 60.8 Å². The molecule has 9 heteroatoms. The third kappa shape index (κ3) is 4.86. The fourth-order valence-corrected chi connectivity index (χ4v) is 5.09. The average molecular weight is 477 g/mol. The maximum Gasteiger partial charge on any atom is 0.273 e. The molecule has 3 aromatic rings. The number of aromatic nitrogens is 3. The van der Waals surface area contributed by atoms with Crippen LogP contribution >= 0.6 is 0 Å². The van der Waals surface area contributed by atoms with E-state index < -0.39 is 0 Å². The summed E-state index contributed by atoms with van der Waals surface area (Å²) >= 11 is 0. The van der Waals surface area contributed by atoms with E-state index in [-0.39, 0.29) is 17.7 Å². The van der Waals surface area contributed by atoms with Crippen LogP contribution in [0.3, 0.4) is 0 Å². The van der Waals surface area contributed by atoms with E-state index in [1.165, 1.54) is 19.9 Å². The van der Waals surface area contributed by atoms with Gasteiger partial charge in [0, 0.05) is 55.8 Å². The standard InChI is InChI=1S/C25H31N7O.CH5N/c1-17-16-32-22(28-24(17)30-12-7-8-13-30)15-20(29-32)21-11-5-6-14-31(21)25(33)23(26)18-9-3-4-10-19(18)27-2;1-2/h3-4,9-10,15-16,21,26-27H,5-8,11-14H2,1-2H3;2H2,1H3/t21-;/m0./s1. The van der Waals surface area contributed by atoms with Gasteiger partial charge in [-0.05, 0) is 52.1 Å². The Labute approximate surface area is 206 Å². The van der Waals surface area contributed by atoms with Crippen molar-refractivity contribution in [1.82, 2.24) is 19.5 Å². The SMILES string of the molecule is CN.CNc1ccccc1C(=N)C(=O)N1CCCC[C@H]1c1cc2nc(N3CCCC3)c(C)cn2n1. The van der Waals surface area contributed by atoms with E-state index in [4.69, 9.17) is 15.5 Å². The second kappa shape index (κ2) is 10.9. The number of para-hydroxylation sites is 1. The number of rotatable bonds is 5. The minimum Gasteiger partial charge on any atom is -0.388 e. The number of amides is 1. The van der Waals surface area contributed by atoms with Gasteiger partial charge in [-0.2, -0.15) is 5.10 Å².